The summed E-state index contributed by atoms with van der Waals surface area (Å²) in [7, 11) is 0. The Kier molecular flexibility index (Phi) is 4.26. The van der Waals surface area contributed by atoms with Crippen LogP contribution in [0.3, 0.4) is 0 Å². The number of nitrogens with zero attached hydrogens (tertiary/aromatic N) is 1. The number of ether oxygens (including phenoxy) is 1. The van der Waals surface area contributed by atoms with Crippen molar-refractivity contribution in [2.75, 3.05) is 5.32 Å². The van der Waals surface area contributed by atoms with Crippen LogP contribution in [0.15, 0.2) is 54.6 Å². The predicted molar refractivity (Wildman–Crippen MR) is 100 cm³/mol. The molecule has 130 valence electrons. The SMILES string of the molecule is Cc1sc(NC(=O)C2Cc3ccccc3C(=O)O2)nc1-c1ccccc1. The Morgan fingerprint density at radius 2 is 1.88 bits per heavy atom. The zero-order valence-corrected chi connectivity index (χ0v) is 14.9. The Balaban J connectivity index is 1.52. The summed E-state index contributed by atoms with van der Waals surface area (Å²) in [4.78, 5) is 30.2. The molecule has 2 heterocycles. The molecule has 0 bridgehead atoms. The van der Waals surface area contributed by atoms with E-state index in [4.69, 9.17) is 4.74 Å². The fourth-order valence-electron chi connectivity index (χ4n) is 2.98. The smallest absolute Gasteiger partial charge is 0.339 e. The number of aryl methyl sites for hydroxylation is 1. The van der Waals surface area contributed by atoms with Gasteiger partial charge in [-0.2, -0.15) is 0 Å². The van der Waals surface area contributed by atoms with Crippen molar-refractivity contribution in [2.24, 2.45) is 0 Å². The summed E-state index contributed by atoms with van der Waals surface area (Å²) in [6, 6.07) is 17.0. The molecule has 1 aliphatic heterocycles. The molecule has 3 aromatic rings. The number of cyclic esters (lactones) is 1. The standard InChI is InChI=1S/C20H16N2O3S/c1-12-17(13-7-3-2-4-8-13)21-20(26-12)22-18(23)16-11-14-9-5-6-10-15(14)19(24)25-16/h2-10,16H,11H2,1H3,(H,21,22,23). The lowest BCUT2D eigenvalue weighted by Crippen LogP contribution is -2.37. The van der Waals surface area contributed by atoms with Gasteiger partial charge in [-0.05, 0) is 18.6 Å². The van der Waals surface area contributed by atoms with Gasteiger partial charge in [-0.3, -0.25) is 10.1 Å². The number of fused-ring (bicyclic) bond motifs is 1. The number of amides is 1. The zero-order valence-electron chi connectivity index (χ0n) is 14.1. The van der Waals surface area contributed by atoms with E-state index in [1.165, 1.54) is 11.3 Å². The number of nitrogens with one attached hydrogen (secondary N) is 1. The lowest BCUT2D eigenvalue weighted by molar-refractivity contribution is -0.125. The summed E-state index contributed by atoms with van der Waals surface area (Å²) in [6.07, 6.45) is -0.481. The van der Waals surface area contributed by atoms with Gasteiger partial charge in [0, 0.05) is 16.9 Å². The molecular weight excluding hydrogens is 348 g/mol. The van der Waals surface area contributed by atoms with Crippen LogP contribution in [-0.2, 0) is 16.0 Å². The van der Waals surface area contributed by atoms with Crippen LogP contribution in [-0.4, -0.2) is 23.0 Å². The van der Waals surface area contributed by atoms with Gasteiger partial charge in [0.2, 0.25) is 0 Å². The average Bonchev–Trinajstić information content (AvgIpc) is 3.02. The van der Waals surface area contributed by atoms with Gasteiger partial charge >= 0.3 is 5.97 Å². The molecule has 1 amide bonds. The normalized spacial score (nSPS) is 15.9. The summed E-state index contributed by atoms with van der Waals surface area (Å²) < 4.78 is 5.29. The molecule has 0 aliphatic carbocycles. The van der Waals surface area contributed by atoms with Crippen molar-refractivity contribution in [3.63, 3.8) is 0 Å². The van der Waals surface area contributed by atoms with E-state index in [1.54, 1.807) is 12.1 Å². The number of thiazole rings is 1. The summed E-state index contributed by atoms with van der Waals surface area (Å²) in [5.74, 6) is -0.825. The highest BCUT2D eigenvalue weighted by Crippen LogP contribution is 2.30. The van der Waals surface area contributed by atoms with E-state index in [1.807, 2.05) is 49.4 Å². The van der Waals surface area contributed by atoms with Gasteiger partial charge in [0.1, 0.15) is 0 Å². The highest BCUT2D eigenvalue weighted by atomic mass is 32.1. The summed E-state index contributed by atoms with van der Waals surface area (Å²) in [5, 5.41) is 3.29. The first-order valence-electron chi connectivity index (χ1n) is 8.24. The highest BCUT2D eigenvalue weighted by Gasteiger charge is 2.31. The highest BCUT2D eigenvalue weighted by molar-refractivity contribution is 7.16. The van der Waals surface area contributed by atoms with E-state index < -0.39 is 12.1 Å². The van der Waals surface area contributed by atoms with E-state index in [2.05, 4.69) is 10.3 Å². The lowest BCUT2D eigenvalue weighted by atomic mass is 9.98. The van der Waals surface area contributed by atoms with Crippen molar-refractivity contribution in [3.8, 4) is 11.3 Å². The number of esters is 1. The van der Waals surface area contributed by atoms with Crippen LogP contribution in [0.5, 0.6) is 0 Å². The molecule has 6 heteroatoms. The van der Waals surface area contributed by atoms with Crippen molar-refractivity contribution >= 4 is 28.3 Å². The molecule has 1 aromatic heterocycles. The maximum absolute atomic E-state index is 12.6. The number of anilines is 1. The van der Waals surface area contributed by atoms with Crippen molar-refractivity contribution in [2.45, 2.75) is 19.4 Å². The molecule has 0 spiro atoms. The Morgan fingerprint density at radius 1 is 1.15 bits per heavy atom. The van der Waals surface area contributed by atoms with Crippen LogP contribution in [0.4, 0.5) is 5.13 Å². The Bertz CT molecular complexity index is 982. The second-order valence-corrected chi connectivity index (χ2v) is 7.24. The van der Waals surface area contributed by atoms with E-state index in [-0.39, 0.29) is 5.91 Å². The van der Waals surface area contributed by atoms with Crippen LogP contribution >= 0.6 is 11.3 Å². The summed E-state index contributed by atoms with van der Waals surface area (Å²) in [6.45, 7) is 1.96. The molecule has 26 heavy (non-hydrogen) atoms. The average molecular weight is 364 g/mol. The fourth-order valence-corrected chi connectivity index (χ4v) is 3.82. The number of carbonyl (C=O) groups excluding carboxylic acids is 2. The second kappa shape index (κ2) is 6.72. The van der Waals surface area contributed by atoms with E-state index in [0.29, 0.717) is 17.1 Å². The molecule has 5 nitrogen and oxygen atoms in total. The van der Waals surface area contributed by atoms with Crippen LogP contribution in [0.1, 0.15) is 20.8 Å². The van der Waals surface area contributed by atoms with E-state index in [9.17, 15) is 9.59 Å². The molecule has 0 fully saturated rings. The maximum atomic E-state index is 12.6. The number of hydrogen-bond acceptors (Lipinski definition) is 5. The fraction of sp³-hybridized carbons (Fsp3) is 0.150. The van der Waals surface area contributed by atoms with Crippen molar-refractivity contribution in [3.05, 3.63) is 70.6 Å². The molecule has 4 rings (SSSR count). The lowest BCUT2D eigenvalue weighted by Gasteiger charge is -2.23. The zero-order chi connectivity index (χ0) is 18.1. The molecule has 0 radical (unpaired) electrons. The molecule has 2 aromatic carbocycles. The molecule has 1 unspecified atom stereocenters. The molecule has 1 aliphatic rings. The van der Waals surface area contributed by atoms with Gasteiger partial charge in [-0.15, -0.1) is 11.3 Å². The third-order valence-electron chi connectivity index (χ3n) is 4.26. The largest absolute Gasteiger partial charge is 0.448 e. The third kappa shape index (κ3) is 3.11. The predicted octanol–water partition coefficient (Wildman–Crippen LogP) is 3.84. The third-order valence-corrected chi connectivity index (χ3v) is 5.14. The minimum absolute atomic E-state index is 0.360. The molecule has 0 saturated heterocycles. The monoisotopic (exact) mass is 364 g/mol. The first kappa shape index (κ1) is 16.5. The number of benzene rings is 2. The van der Waals surface area contributed by atoms with Crippen LogP contribution < -0.4 is 5.32 Å². The number of rotatable bonds is 3. The number of carbonyl (C=O) groups is 2. The molecule has 1 N–H and O–H groups in total. The van der Waals surface area contributed by atoms with Crippen LogP contribution in [0, 0.1) is 6.92 Å². The topological polar surface area (TPSA) is 68.3 Å². The quantitative estimate of drug-likeness (QED) is 0.717. The second-order valence-electron chi connectivity index (χ2n) is 6.03. The van der Waals surface area contributed by atoms with E-state index >= 15 is 0 Å². The van der Waals surface area contributed by atoms with Gasteiger partial charge in [0.15, 0.2) is 11.2 Å². The molecule has 1 atom stereocenters. The van der Waals surface area contributed by atoms with Crippen LogP contribution in [0.25, 0.3) is 11.3 Å². The number of aromatic nitrogens is 1. The Morgan fingerprint density at radius 3 is 2.69 bits per heavy atom. The van der Waals surface area contributed by atoms with Crippen LogP contribution in [0.2, 0.25) is 0 Å². The Labute approximate surface area is 154 Å². The van der Waals surface area contributed by atoms with E-state index in [0.717, 1.165) is 21.7 Å². The van der Waals surface area contributed by atoms with Gasteiger partial charge < -0.3 is 4.74 Å². The number of hydrogen-bond donors (Lipinski definition) is 1. The van der Waals surface area contributed by atoms with Gasteiger partial charge in [-0.25, -0.2) is 9.78 Å². The molecule has 0 saturated carbocycles. The van der Waals surface area contributed by atoms with Gasteiger partial charge in [-0.1, -0.05) is 48.5 Å². The van der Waals surface area contributed by atoms with Crippen molar-refractivity contribution < 1.29 is 14.3 Å². The van der Waals surface area contributed by atoms with Gasteiger partial charge in [0.05, 0.1) is 11.3 Å². The molecular formula is C20H16N2O3S. The summed E-state index contributed by atoms with van der Waals surface area (Å²) >= 11 is 1.40. The minimum Gasteiger partial charge on any atom is -0.448 e. The van der Waals surface area contributed by atoms with Gasteiger partial charge in [0.25, 0.3) is 5.91 Å². The first-order chi connectivity index (χ1) is 12.6. The maximum Gasteiger partial charge on any atom is 0.339 e. The first-order valence-corrected chi connectivity index (χ1v) is 9.06. The Hall–Kier alpha value is -2.99. The van der Waals surface area contributed by atoms with Crippen molar-refractivity contribution in [1.82, 2.24) is 4.98 Å². The summed E-state index contributed by atoms with van der Waals surface area (Å²) in [5.41, 5.74) is 3.19. The van der Waals surface area contributed by atoms with Crippen molar-refractivity contribution in [1.29, 1.82) is 0 Å². The minimum atomic E-state index is -0.846.